The maximum absolute atomic E-state index is 13.8. The molecule has 1 aliphatic carbocycles. The Morgan fingerprint density at radius 1 is 1.09 bits per heavy atom. The van der Waals surface area contributed by atoms with Gasteiger partial charge in [-0.25, -0.2) is 4.98 Å². The van der Waals surface area contributed by atoms with E-state index in [9.17, 15) is 14.7 Å². The highest BCUT2D eigenvalue weighted by molar-refractivity contribution is 6.19. The lowest BCUT2D eigenvalue weighted by molar-refractivity contribution is 0.0967. The van der Waals surface area contributed by atoms with Gasteiger partial charge in [0.1, 0.15) is 17.1 Å². The third-order valence-electron chi connectivity index (χ3n) is 6.78. The Kier molecular flexibility index (Phi) is 4.54. The van der Waals surface area contributed by atoms with Gasteiger partial charge in [-0.15, -0.1) is 0 Å². The minimum absolute atomic E-state index is 0.121. The molecule has 1 saturated carbocycles. The standard InChI is InChI=1S/C27H23N5O3/c1-13-3-8-20(33)14(2)23(13)32-26(28)21(22-27(32)30-10-9-29-22)25(35)19-12-17-11-16(6-7-18(17)31-19)24(34)15-4-5-15/h3,6-12,15,31,33H,4-5,28H2,1-2H3. The minimum Gasteiger partial charge on any atom is -0.508 e. The first-order valence-corrected chi connectivity index (χ1v) is 11.5. The van der Waals surface area contributed by atoms with Crippen molar-refractivity contribution in [2.24, 2.45) is 5.92 Å². The molecule has 5 aromatic rings. The fraction of sp³-hybridized carbons (Fsp3) is 0.185. The van der Waals surface area contributed by atoms with Crippen molar-refractivity contribution in [2.75, 3.05) is 5.73 Å². The van der Waals surface area contributed by atoms with Gasteiger partial charge in [0.25, 0.3) is 0 Å². The molecule has 0 radical (unpaired) electrons. The third kappa shape index (κ3) is 3.21. The van der Waals surface area contributed by atoms with E-state index in [1.54, 1.807) is 42.0 Å². The first kappa shape index (κ1) is 21.1. The summed E-state index contributed by atoms with van der Waals surface area (Å²) in [5.41, 5.74) is 11.5. The number of hydrogen-bond donors (Lipinski definition) is 3. The number of benzene rings is 2. The predicted molar refractivity (Wildman–Crippen MR) is 133 cm³/mol. The van der Waals surface area contributed by atoms with Crippen molar-refractivity contribution in [1.82, 2.24) is 19.5 Å². The molecule has 35 heavy (non-hydrogen) atoms. The number of aromatic amines is 1. The van der Waals surface area contributed by atoms with Gasteiger partial charge in [0.15, 0.2) is 11.4 Å². The van der Waals surface area contributed by atoms with E-state index >= 15 is 0 Å². The molecule has 8 heteroatoms. The van der Waals surface area contributed by atoms with Gasteiger partial charge in [-0.1, -0.05) is 6.07 Å². The van der Waals surface area contributed by atoms with E-state index in [0.717, 1.165) is 29.3 Å². The van der Waals surface area contributed by atoms with Gasteiger partial charge in [0.05, 0.1) is 16.9 Å². The van der Waals surface area contributed by atoms with Crippen molar-refractivity contribution < 1.29 is 14.7 Å². The summed E-state index contributed by atoms with van der Waals surface area (Å²) in [6.45, 7) is 3.70. The van der Waals surface area contributed by atoms with Crippen LogP contribution in [0.25, 0.3) is 27.8 Å². The third-order valence-corrected chi connectivity index (χ3v) is 6.78. The lowest BCUT2D eigenvalue weighted by Crippen LogP contribution is -2.09. The summed E-state index contributed by atoms with van der Waals surface area (Å²) in [5, 5.41) is 11.1. The maximum atomic E-state index is 13.8. The number of phenolic OH excluding ortho intramolecular Hbond substituents is 1. The second-order valence-corrected chi connectivity index (χ2v) is 9.15. The van der Waals surface area contributed by atoms with Gasteiger partial charge in [0, 0.05) is 40.3 Å². The molecule has 174 valence electrons. The van der Waals surface area contributed by atoms with Crippen molar-refractivity contribution in [2.45, 2.75) is 26.7 Å². The zero-order valence-electron chi connectivity index (χ0n) is 19.3. The molecule has 0 bridgehead atoms. The van der Waals surface area contributed by atoms with E-state index in [0.29, 0.717) is 33.7 Å². The number of carbonyl (C=O) groups excluding carboxylic acids is 2. The van der Waals surface area contributed by atoms with Gasteiger partial charge in [-0.2, -0.15) is 0 Å². The Morgan fingerprint density at radius 3 is 2.63 bits per heavy atom. The number of carbonyl (C=O) groups is 2. The SMILES string of the molecule is Cc1ccc(O)c(C)c1-n1c(N)c(C(=O)c2cc3cc(C(=O)C4CC4)ccc3[nH]2)c2nccnc21. The van der Waals surface area contributed by atoms with Crippen LogP contribution in [0.2, 0.25) is 0 Å². The molecule has 0 atom stereocenters. The van der Waals surface area contributed by atoms with Crippen LogP contribution in [0.4, 0.5) is 5.82 Å². The van der Waals surface area contributed by atoms with Crippen molar-refractivity contribution >= 4 is 39.5 Å². The quantitative estimate of drug-likeness (QED) is 0.325. The van der Waals surface area contributed by atoms with Crippen LogP contribution in [0.1, 0.15) is 50.4 Å². The second kappa shape index (κ2) is 7.53. The largest absolute Gasteiger partial charge is 0.508 e. The second-order valence-electron chi connectivity index (χ2n) is 9.15. The number of anilines is 1. The molecule has 3 heterocycles. The topological polar surface area (TPSA) is 127 Å². The Balaban J connectivity index is 1.51. The van der Waals surface area contributed by atoms with Crippen molar-refractivity contribution in [3.05, 3.63) is 76.7 Å². The fourth-order valence-corrected chi connectivity index (χ4v) is 4.76. The van der Waals surface area contributed by atoms with Crippen LogP contribution in [0.3, 0.4) is 0 Å². The number of phenols is 1. The number of nitrogen functional groups attached to an aromatic ring is 1. The van der Waals surface area contributed by atoms with Gasteiger partial charge >= 0.3 is 0 Å². The highest BCUT2D eigenvalue weighted by Crippen LogP contribution is 2.36. The van der Waals surface area contributed by atoms with Crippen LogP contribution in [-0.4, -0.2) is 36.2 Å². The van der Waals surface area contributed by atoms with Gasteiger partial charge < -0.3 is 15.8 Å². The van der Waals surface area contributed by atoms with Crippen LogP contribution < -0.4 is 5.73 Å². The molecule has 2 aromatic carbocycles. The number of aromatic hydroxyl groups is 1. The molecule has 0 aliphatic heterocycles. The maximum Gasteiger partial charge on any atom is 0.215 e. The average Bonchev–Trinajstić information content (AvgIpc) is 3.55. The molecular formula is C27H23N5O3. The summed E-state index contributed by atoms with van der Waals surface area (Å²) >= 11 is 0. The van der Waals surface area contributed by atoms with Gasteiger partial charge in [-0.3, -0.25) is 19.1 Å². The number of nitrogens with two attached hydrogens (primary N) is 1. The smallest absolute Gasteiger partial charge is 0.215 e. The number of rotatable bonds is 5. The summed E-state index contributed by atoms with van der Waals surface area (Å²) in [4.78, 5) is 38.3. The fourth-order valence-electron chi connectivity index (χ4n) is 4.76. The molecule has 4 N–H and O–H groups in total. The van der Waals surface area contributed by atoms with E-state index in [1.807, 2.05) is 19.1 Å². The molecule has 3 aromatic heterocycles. The molecule has 0 saturated heterocycles. The number of hydrogen-bond acceptors (Lipinski definition) is 6. The van der Waals surface area contributed by atoms with Gasteiger partial charge in [0.2, 0.25) is 5.78 Å². The zero-order chi connectivity index (χ0) is 24.4. The van der Waals surface area contributed by atoms with E-state index in [4.69, 9.17) is 5.73 Å². The van der Waals surface area contributed by atoms with Crippen molar-refractivity contribution in [3.63, 3.8) is 0 Å². The number of ketones is 2. The van der Waals surface area contributed by atoms with Crippen LogP contribution in [-0.2, 0) is 0 Å². The molecule has 8 nitrogen and oxygen atoms in total. The molecule has 1 aliphatic rings. The zero-order valence-corrected chi connectivity index (χ0v) is 19.3. The van der Waals surface area contributed by atoms with Crippen molar-refractivity contribution in [1.29, 1.82) is 0 Å². The predicted octanol–water partition coefficient (Wildman–Crippen LogP) is 4.63. The average molecular weight is 466 g/mol. The van der Waals surface area contributed by atoms with E-state index in [-0.39, 0.29) is 34.6 Å². The Morgan fingerprint density at radius 2 is 1.86 bits per heavy atom. The van der Waals surface area contributed by atoms with Crippen LogP contribution >= 0.6 is 0 Å². The molecule has 0 spiro atoms. The number of Topliss-reactive ketones (excluding diaryl/α,β-unsaturated/α-hetero) is 1. The normalized spacial score (nSPS) is 13.5. The van der Waals surface area contributed by atoms with Gasteiger partial charge in [-0.05, 0) is 62.6 Å². The van der Waals surface area contributed by atoms with E-state index in [2.05, 4.69) is 15.0 Å². The monoisotopic (exact) mass is 465 g/mol. The van der Waals surface area contributed by atoms with Crippen molar-refractivity contribution in [3.8, 4) is 11.4 Å². The number of aromatic nitrogens is 4. The number of nitrogens with one attached hydrogen (secondary N) is 1. The molecular weight excluding hydrogens is 442 g/mol. The molecule has 6 rings (SSSR count). The Labute approximate surface area is 200 Å². The molecule has 0 unspecified atom stereocenters. The first-order valence-electron chi connectivity index (χ1n) is 11.5. The molecule has 0 amide bonds. The minimum atomic E-state index is -0.325. The lowest BCUT2D eigenvalue weighted by atomic mass is 10.0. The van der Waals surface area contributed by atoms with Crippen LogP contribution in [0.5, 0.6) is 5.75 Å². The Bertz CT molecular complexity index is 1690. The summed E-state index contributed by atoms with van der Waals surface area (Å²) in [7, 11) is 0. The highest BCUT2D eigenvalue weighted by atomic mass is 16.3. The highest BCUT2D eigenvalue weighted by Gasteiger charge is 2.31. The summed E-state index contributed by atoms with van der Waals surface area (Å²) in [6, 6.07) is 10.6. The lowest BCUT2D eigenvalue weighted by Gasteiger charge is -2.15. The van der Waals surface area contributed by atoms with Crippen LogP contribution in [0, 0.1) is 19.8 Å². The van der Waals surface area contributed by atoms with E-state index in [1.165, 1.54) is 6.20 Å². The summed E-state index contributed by atoms with van der Waals surface area (Å²) in [5.74, 6) is 0.266. The number of aryl methyl sites for hydroxylation is 1. The summed E-state index contributed by atoms with van der Waals surface area (Å²) < 4.78 is 1.68. The van der Waals surface area contributed by atoms with E-state index < -0.39 is 0 Å². The first-order chi connectivity index (χ1) is 16.8. The number of H-pyrrole nitrogens is 1. The number of fused-ring (bicyclic) bond motifs is 2. The summed E-state index contributed by atoms with van der Waals surface area (Å²) in [6.07, 6.45) is 4.94. The number of nitrogens with zero attached hydrogens (tertiary/aromatic N) is 3. The Hall–Kier alpha value is -4.46. The molecule has 1 fully saturated rings. The van der Waals surface area contributed by atoms with Crippen LogP contribution in [0.15, 0.2) is 48.8 Å².